The number of fused-ring (bicyclic) bond motifs is 2. The molecule has 166 valence electrons. The van der Waals surface area contributed by atoms with Gasteiger partial charge in [-0.2, -0.15) is 0 Å². The molecule has 0 unspecified atom stereocenters. The highest BCUT2D eigenvalue weighted by atomic mass is 35.5. The highest BCUT2D eigenvalue weighted by Crippen LogP contribution is 2.25. The zero-order valence-electron chi connectivity index (χ0n) is 17.9. The molecule has 0 bridgehead atoms. The predicted molar refractivity (Wildman–Crippen MR) is 128 cm³/mol. The van der Waals surface area contributed by atoms with Gasteiger partial charge in [0.25, 0.3) is 0 Å². The third kappa shape index (κ3) is 3.71. The maximum Gasteiger partial charge on any atom is 0.165 e. The average Bonchev–Trinajstić information content (AvgIpc) is 3.42. The van der Waals surface area contributed by atoms with E-state index in [2.05, 4.69) is 36.6 Å². The first-order chi connectivity index (χ1) is 16.3. The molecule has 0 N–H and O–H groups in total. The predicted octanol–water partition coefficient (Wildman–Crippen LogP) is 3.76. The second-order valence-corrected chi connectivity index (χ2v) is 8.44. The highest BCUT2D eigenvalue weighted by Gasteiger charge is 2.20. The second-order valence-electron chi connectivity index (χ2n) is 8.04. The standard InChI is InChI=1S/C24H22ClN7O/c25-18-6-2-1-5-17(18)13-32-20-8-4-3-7-19(20)29-21(32)14-31-16-28-22-23(26-15-27-24(22)31)30-9-11-33-12-10-30/h1-8,15-16H,9-14H2. The van der Waals surface area contributed by atoms with E-state index in [1.165, 1.54) is 0 Å². The fraction of sp³-hybridized carbons (Fsp3) is 0.250. The van der Waals surface area contributed by atoms with Crippen molar-refractivity contribution in [2.75, 3.05) is 31.2 Å². The van der Waals surface area contributed by atoms with Gasteiger partial charge in [0.15, 0.2) is 17.0 Å². The largest absolute Gasteiger partial charge is 0.378 e. The van der Waals surface area contributed by atoms with Crippen LogP contribution in [-0.4, -0.2) is 55.4 Å². The summed E-state index contributed by atoms with van der Waals surface area (Å²) in [5.41, 5.74) is 4.67. The number of ether oxygens (including phenoxy) is 1. The van der Waals surface area contributed by atoms with E-state index in [-0.39, 0.29) is 0 Å². The van der Waals surface area contributed by atoms with Gasteiger partial charge in [0.2, 0.25) is 0 Å². The van der Waals surface area contributed by atoms with Crippen molar-refractivity contribution in [2.45, 2.75) is 13.1 Å². The molecule has 1 aliphatic rings. The summed E-state index contributed by atoms with van der Waals surface area (Å²) in [4.78, 5) is 20.9. The lowest BCUT2D eigenvalue weighted by Crippen LogP contribution is -2.36. The molecular weight excluding hydrogens is 438 g/mol. The molecule has 8 nitrogen and oxygen atoms in total. The number of hydrogen-bond donors (Lipinski definition) is 0. The van der Waals surface area contributed by atoms with Crippen LogP contribution in [0, 0.1) is 0 Å². The number of aromatic nitrogens is 6. The van der Waals surface area contributed by atoms with Crippen LogP contribution >= 0.6 is 11.6 Å². The first-order valence-electron chi connectivity index (χ1n) is 10.9. The highest BCUT2D eigenvalue weighted by molar-refractivity contribution is 6.31. The smallest absolute Gasteiger partial charge is 0.165 e. The van der Waals surface area contributed by atoms with Gasteiger partial charge in [-0.05, 0) is 23.8 Å². The average molecular weight is 460 g/mol. The van der Waals surface area contributed by atoms with Crippen molar-refractivity contribution in [3.05, 3.63) is 77.6 Å². The van der Waals surface area contributed by atoms with E-state index in [1.807, 2.05) is 47.3 Å². The van der Waals surface area contributed by atoms with Crippen LogP contribution in [0.2, 0.25) is 5.02 Å². The molecule has 0 spiro atoms. The van der Waals surface area contributed by atoms with E-state index in [1.54, 1.807) is 6.33 Å². The lowest BCUT2D eigenvalue weighted by atomic mass is 10.2. The van der Waals surface area contributed by atoms with E-state index in [0.29, 0.717) is 26.3 Å². The van der Waals surface area contributed by atoms with Crippen molar-refractivity contribution in [2.24, 2.45) is 0 Å². The van der Waals surface area contributed by atoms with Gasteiger partial charge in [0, 0.05) is 18.1 Å². The van der Waals surface area contributed by atoms with Gasteiger partial charge in [0.1, 0.15) is 12.2 Å². The molecule has 0 atom stereocenters. The summed E-state index contributed by atoms with van der Waals surface area (Å²) in [6.07, 6.45) is 3.43. The van der Waals surface area contributed by atoms with Gasteiger partial charge in [-0.3, -0.25) is 0 Å². The van der Waals surface area contributed by atoms with E-state index in [0.717, 1.165) is 57.5 Å². The summed E-state index contributed by atoms with van der Waals surface area (Å²) in [6.45, 7) is 4.15. The van der Waals surface area contributed by atoms with Crippen molar-refractivity contribution < 1.29 is 4.74 Å². The Hall–Kier alpha value is -3.49. The minimum atomic E-state index is 0.537. The Morgan fingerprint density at radius 1 is 0.909 bits per heavy atom. The number of hydrogen-bond acceptors (Lipinski definition) is 6. The third-order valence-corrected chi connectivity index (χ3v) is 6.39. The molecule has 5 aromatic rings. The Labute approximate surface area is 195 Å². The normalized spacial score (nSPS) is 14.4. The fourth-order valence-corrected chi connectivity index (χ4v) is 4.56. The topological polar surface area (TPSA) is 73.9 Å². The zero-order chi connectivity index (χ0) is 22.2. The van der Waals surface area contributed by atoms with E-state index < -0.39 is 0 Å². The summed E-state index contributed by atoms with van der Waals surface area (Å²) < 4.78 is 9.73. The van der Waals surface area contributed by atoms with E-state index >= 15 is 0 Å². The summed E-state index contributed by atoms with van der Waals surface area (Å²) in [5.74, 6) is 1.77. The van der Waals surface area contributed by atoms with Crippen LogP contribution in [-0.2, 0) is 17.8 Å². The summed E-state index contributed by atoms with van der Waals surface area (Å²) in [7, 11) is 0. The Morgan fingerprint density at radius 3 is 2.61 bits per heavy atom. The lowest BCUT2D eigenvalue weighted by molar-refractivity contribution is 0.122. The van der Waals surface area contributed by atoms with Crippen LogP contribution in [0.3, 0.4) is 0 Å². The van der Waals surface area contributed by atoms with Gasteiger partial charge >= 0.3 is 0 Å². The van der Waals surface area contributed by atoms with Crippen molar-refractivity contribution in [1.29, 1.82) is 0 Å². The first kappa shape index (κ1) is 20.1. The SMILES string of the molecule is Clc1ccccc1Cn1c(Cn2cnc3c(N4CCOCC4)ncnc32)nc2ccccc21. The third-order valence-electron chi connectivity index (χ3n) is 6.02. The number of imidazole rings is 2. The molecule has 6 rings (SSSR count). The monoisotopic (exact) mass is 459 g/mol. The zero-order valence-corrected chi connectivity index (χ0v) is 18.7. The van der Waals surface area contributed by atoms with E-state index in [9.17, 15) is 0 Å². The lowest BCUT2D eigenvalue weighted by Gasteiger charge is -2.27. The Morgan fingerprint density at radius 2 is 1.73 bits per heavy atom. The number of morpholine rings is 1. The van der Waals surface area contributed by atoms with Gasteiger partial charge in [-0.1, -0.05) is 41.9 Å². The van der Waals surface area contributed by atoms with Gasteiger partial charge in [0.05, 0.1) is 43.7 Å². The van der Waals surface area contributed by atoms with Crippen LogP contribution < -0.4 is 4.90 Å². The minimum Gasteiger partial charge on any atom is -0.378 e. The van der Waals surface area contributed by atoms with Crippen molar-refractivity contribution in [1.82, 2.24) is 29.1 Å². The number of anilines is 1. The first-order valence-corrected chi connectivity index (χ1v) is 11.3. The number of nitrogens with zero attached hydrogens (tertiary/aromatic N) is 7. The maximum atomic E-state index is 6.48. The van der Waals surface area contributed by atoms with E-state index in [4.69, 9.17) is 21.3 Å². The molecule has 33 heavy (non-hydrogen) atoms. The van der Waals surface area contributed by atoms with Crippen molar-refractivity contribution in [3.63, 3.8) is 0 Å². The molecule has 4 heterocycles. The Bertz CT molecular complexity index is 1440. The molecule has 1 aliphatic heterocycles. The molecule has 3 aromatic heterocycles. The quantitative estimate of drug-likeness (QED) is 0.398. The molecular formula is C24H22ClN7O. The number of benzene rings is 2. The van der Waals surface area contributed by atoms with Gasteiger partial charge < -0.3 is 18.8 Å². The summed E-state index contributed by atoms with van der Waals surface area (Å²) in [6, 6.07) is 16.1. The number of halogens is 1. The fourth-order valence-electron chi connectivity index (χ4n) is 4.36. The molecule has 1 fully saturated rings. The molecule has 2 aromatic carbocycles. The molecule has 0 saturated carbocycles. The minimum absolute atomic E-state index is 0.537. The van der Waals surface area contributed by atoms with Gasteiger partial charge in [-0.15, -0.1) is 0 Å². The van der Waals surface area contributed by atoms with Crippen LogP contribution in [0.4, 0.5) is 5.82 Å². The summed E-state index contributed by atoms with van der Waals surface area (Å²) in [5, 5.41) is 0.747. The van der Waals surface area contributed by atoms with Crippen molar-refractivity contribution in [3.8, 4) is 0 Å². The molecule has 1 saturated heterocycles. The number of para-hydroxylation sites is 2. The summed E-state index contributed by atoms with van der Waals surface area (Å²) >= 11 is 6.48. The van der Waals surface area contributed by atoms with Crippen LogP contribution in [0.15, 0.2) is 61.2 Å². The maximum absolute atomic E-state index is 6.48. The van der Waals surface area contributed by atoms with Crippen molar-refractivity contribution >= 4 is 39.6 Å². The van der Waals surface area contributed by atoms with Crippen LogP contribution in [0.1, 0.15) is 11.4 Å². The second kappa shape index (κ2) is 8.46. The van der Waals surface area contributed by atoms with Crippen LogP contribution in [0.5, 0.6) is 0 Å². The Kier molecular flexibility index (Phi) is 5.16. The van der Waals surface area contributed by atoms with Gasteiger partial charge in [-0.25, -0.2) is 19.9 Å². The molecule has 0 aliphatic carbocycles. The molecule has 0 radical (unpaired) electrons. The molecule has 0 amide bonds. The number of rotatable bonds is 5. The Balaban J connectivity index is 1.40. The van der Waals surface area contributed by atoms with Crippen LogP contribution in [0.25, 0.3) is 22.2 Å². The molecule has 9 heteroatoms.